The fourth-order valence-corrected chi connectivity index (χ4v) is 3.57. The Hall–Kier alpha value is -1.69. The van der Waals surface area contributed by atoms with Gasteiger partial charge in [-0.1, -0.05) is 12.8 Å². The predicted molar refractivity (Wildman–Crippen MR) is 73.3 cm³/mol. The molecule has 1 aliphatic heterocycles. The lowest BCUT2D eigenvalue weighted by molar-refractivity contribution is 0.342. The Bertz CT molecular complexity index is 489. The van der Waals surface area contributed by atoms with Crippen molar-refractivity contribution in [2.24, 2.45) is 5.92 Å². The largest absolute Gasteiger partial charge is 0.397 e. The van der Waals surface area contributed by atoms with E-state index in [1.165, 1.54) is 32.1 Å². The Morgan fingerprint density at radius 2 is 2.06 bits per heavy atom. The molecule has 2 unspecified atom stereocenters. The molecule has 1 aliphatic carbocycles. The van der Waals surface area contributed by atoms with Crippen LogP contribution >= 0.6 is 0 Å². The first-order valence-electron chi connectivity index (χ1n) is 6.86. The summed E-state index contributed by atoms with van der Waals surface area (Å²) < 4.78 is 0. The molecular formula is C15H19N3. The number of nitrogen functional groups attached to an aromatic ring is 1. The summed E-state index contributed by atoms with van der Waals surface area (Å²) in [4.78, 5) is 2.44. The highest BCUT2D eigenvalue weighted by Gasteiger charge is 2.36. The van der Waals surface area contributed by atoms with Crippen molar-refractivity contribution in [1.82, 2.24) is 0 Å². The van der Waals surface area contributed by atoms with E-state index in [-0.39, 0.29) is 0 Å². The Balaban J connectivity index is 1.93. The SMILES string of the molecule is N#Cc1ccc(N)c(N2CCC3CCCCC32)c1. The second kappa shape index (κ2) is 4.53. The fourth-order valence-electron chi connectivity index (χ4n) is 3.57. The number of nitrogens with two attached hydrogens (primary N) is 1. The van der Waals surface area contributed by atoms with Crippen LogP contribution in [0.2, 0.25) is 0 Å². The minimum atomic E-state index is 0.648. The molecule has 2 N–H and O–H groups in total. The monoisotopic (exact) mass is 241 g/mol. The molecule has 3 heteroatoms. The molecule has 18 heavy (non-hydrogen) atoms. The lowest BCUT2D eigenvalue weighted by Crippen LogP contribution is -2.35. The lowest BCUT2D eigenvalue weighted by atomic mass is 9.85. The number of hydrogen-bond acceptors (Lipinski definition) is 3. The zero-order valence-corrected chi connectivity index (χ0v) is 10.6. The van der Waals surface area contributed by atoms with Gasteiger partial charge in [0.2, 0.25) is 0 Å². The number of hydrogen-bond donors (Lipinski definition) is 1. The summed E-state index contributed by atoms with van der Waals surface area (Å²) in [5.74, 6) is 0.837. The van der Waals surface area contributed by atoms with Crippen molar-refractivity contribution in [2.45, 2.75) is 38.1 Å². The molecule has 1 saturated carbocycles. The van der Waals surface area contributed by atoms with Crippen LogP contribution in [0.25, 0.3) is 0 Å². The Labute approximate surface area is 108 Å². The van der Waals surface area contributed by atoms with E-state index in [1.807, 2.05) is 12.1 Å². The third kappa shape index (κ3) is 1.82. The van der Waals surface area contributed by atoms with Crippen molar-refractivity contribution in [3.05, 3.63) is 23.8 Å². The highest BCUT2D eigenvalue weighted by Crippen LogP contribution is 2.40. The zero-order chi connectivity index (χ0) is 12.5. The molecule has 0 amide bonds. The molecule has 3 rings (SSSR count). The Morgan fingerprint density at radius 3 is 2.89 bits per heavy atom. The third-order valence-corrected chi connectivity index (χ3v) is 4.48. The van der Waals surface area contributed by atoms with Gasteiger partial charge in [-0.3, -0.25) is 0 Å². The zero-order valence-electron chi connectivity index (χ0n) is 10.6. The standard InChI is InChI=1S/C15H19N3/c16-10-11-5-6-13(17)15(9-11)18-8-7-12-3-1-2-4-14(12)18/h5-6,9,12,14H,1-4,7-8,17H2. The lowest BCUT2D eigenvalue weighted by Gasteiger charge is -2.33. The van der Waals surface area contributed by atoms with E-state index in [1.54, 1.807) is 6.07 Å². The van der Waals surface area contributed by atoms with Crippen LogP contribution in [0.1, 0.15) is 37.7 Å². The van der Waals surface area contributed by atoms with Crippen LogP contribution in [0, 0.1) is 17.2 Å². The number of nitrogens with zero attached hydrogens (tertiary/aromatic N) is 2. The van der Waals surface area contributed by atoms with E-state index >= 15 is 0 Å². The Morgan fingerprint density at radius 1 is 1.22 bits per heavy atom. The van der Waals surface area contributed by atoms with E-state index < -0.39 is 0 Å². The summed E-state index contributed by atoms with van der Waals surface area (Å²) in [5, 5.41) is 9.02. The van der Waals surface area contributed by atoms with Crippen molar-refractivity contribution in [3.8, 4) is 6.07 Å². The molecule has 3 nitrogen and oxygen atoms in total. The molecule has 1 saturated heterocycles. The summed E-state index contributed by atoms with van der Waals surface area (Å²) in [6.07, 6.45) is 6.62. The van der Waals surface area contributed by atoms with Crippen LogP contribution in [-0.2, 0) is 0 Å². The molecule has 2 atom stereocenters. The van der Waals surface area contributed by atoms with Gasteiger partial charge in [0.15, 0.2) is 0 Å². The summed E-state index contributed by atoms with van der Waals surface area (Å²) in [5.41, 5.74) is 8.68. The molecule has 1 aromatic carbocycles. The highest BCUT2D eigenvalue weighted by atomic mass is 15.2. The van der Waals surface area contributed by atoms with Crippen LogP contribution < -0.4 is 10.6 Å². The van der Waals surface area contributed by atoms with Gasteiger partial charge in [-0.25, -0.2) is 0 Å². The molecule has 94 valence electrons. The van der Waals surface area contributed by atoms with E-state index in [4.69, 9.17) is 11.0 Å². The molecule has 1 heterocycles. The minimum absolute atomic E-state index is 0.648. The van der Waals surface area contributed by atoms with Gasteiger partial charge in [0.1, 0.15) is 0 Å². The number of nitriles is 1. The summed E-state index contributed by atoms with van der Waals surface area (Å²) in [6, 6.07) is 8.47. The van der Waals surface area contributed by atoms with Gasteiger partial charge < -0.3 is 10.6 Å². The van der Waals surface area contributed by atoms with Gasteiger partial charge in [-0.05, 0) is 43.4 Å². The maximum atomic E-state index is 9.02. The Kier molecular flexibility index (Phi) is 2.87. The van der Waals surface area contributed by atoms with Gasteiger partial charge in [0.25, 0.3) is 0 Å². The van der Waals surface area contributed by atoms with Crippen molar-refractivity contribution in [1.29, 1.82) is 5.26 Å². The first-order chi connectivity index (χ1) is 8.79. The minimum Gasteiger partial charge on any atom is -0.397 e. The smallest absolute Gasteiger partial charge is 0.0992 e. The topological polar surface area (TPSA) is 53.1 Å². The van der Waals surface area contributed by atoms with Crippen molar-refractivity contribution in [2.75, 3.05) is 17.2 Å². The molecule has 0 radical (unpaired) electrons. The number of fused-ring (bicyclic) bond motifs is 1. The van der Waals surface area contributed by atoms with E-state index in [0.29, 0.717) is 11.6 Å². The average molecular weight is 241 g/mol. The van der Waals surface area contributed by atoms with Crippen LogP contribution in [0.15, 0.2) is 18.2 Å². The summed E-state index contributed by atoms with van der Waals surface area (Å²) >= 11 is 0. The third-order valence-electron chi connectivity index (χ3n) is 4.48. The van der Waals surface area contributed by atoms with Crippen LogP contribution in [0.5, 0.6) is 0 Å². The van der Waals surface area contributed by atoms with Gasteiger partial charge in [0.05, 0.1) is 23.0 Å². The quantitative estimate of drug-likeness (QED) is 0.769. The summed E-state index contributed by atoms with van der Waals surface area (Å²) in [6.45, 7) is 1.09. The van der Waals surface area contributed by atoms with E-state index in [9.17, 15) is 0 Å². The molecule has 0 spiro atoms. The van der Waals surface area contributed by atoms with Gasteiger partial charge in [-0.15, -0.1) is 0 Å². The van der Waals surface area contributed by atoms with Gasteiger partial charge in [0, 0.05) is 12.6 Å². The van der Waals surface area contributed by atoms with Crippen molar-refractivity contribution in [3.63, 3.8) is 0 Å². The summed E-state index contributed by atoms with van der Waals surface area (Å²) in [7, 11) is 0. The van der Waals surface area contributed by atoms with E-state index in [2.05, 4.69) is 11.0 Å². The number of rotatable bonds is 1. The van der Waals surface area contributed by atoms with Crippen LogP contribution in [0.3, 0.4) is 0 Å². The first kappa shape index (κ1) is 11.4. The second-order valence-electron chi connectivity index (χ2n) is 5.48. The van der Waals surface area contributed by atoms with Gasteiger partial charge >= 0.3 is 0 Å². The van der Waals surface area contributed by atoms with Gasteiger partial charge in [-0.2, -0.15) is 5.26 Å². The average Bonchev–Trinajstić information content (AvgIpc) is 2.83. The highest BCUT2D eigenvalue weighted by molar-refractivity contribution is 5.70. The fraction of sp³-hybridized carbons (Fsp3) is 0.533. The van der Waals surface area contributed by atoms with Crippen molar-refractivity contribution >= 4 is 11.4 Å². The van der Waals surface area contributed by atoms with Crippen LogP contribution in [-0.4, -0.2) is 12.6 Å². The maximum Gasteiger partial charge on any atom is 0.0992 e. The predicted octanol–water partition coefficient (Wildman–Crippen LogP) is 2.91. The molecular weight excluding hydrogens is 222 g/mol. The number of anilines is 2. The molecule has 2 fully saturated rings. The second-order valence-corrected chi connectivity index (χ2v) is 5.48. The molecule has 0 aromatic heterocycles. The van der Waals surface area contributed by atoms with Crippen molar-refractivity contribution < 1.29 is 0 Å². The maximum absolute atomic E-state index is 9.02. The molecule has 1 aromatic rings. The van der Waals surface area contributed by atoms with E-state index in [0.717, 1.165) is 23.8 Å². The molecule has 2 aliphatic rings. The normalized spacial score (nSPS) is 26.7. The number of benzene rings is 1. The molecule has 0 bridgehead atoms. The van der Waals surface area contributed by atoms with Crippen LogP contribution in [0.4, 0.5) is 11.4 Å². The first-order valence-corrected chi connectivity index (χ1v) is 6.86.